The number of amides is 3. The minimum atomic E-state index is -0.196. The van der Waals surface area contributed by atoms with E-state index in [4.69, 9.17) is 4.74 Å². The molecule has 1 saturated carbocycles. The molecule has 4 rings (SSSR count). The van der Waals surface area contributed by atoms with Gasteiger partial charge in [0.1, 0.15) is 5.75 Å². The van der Waals surface area contributed by atoms with Crippen LogP contribution in [-0.4, -0.2) is 43.1 Å². The summed E-state index contributed by atoms with van der Waals surface area (Å²) in [5, 5.41) is 2.94. The zero-order chi connectivity index (χ0) is 21.8. The smallest absolute Gasteiger partial charge is 0.321 e. The lowest BCUT2D eigenvalue weighted by Gasteiger charge is -2.37. The number of carbonyl (C=O) groups excluding carboxylic acids is 2. The molecule has 3 amide bonds. The van der Waals surface area contributed by atoms with Crippen molar-refractivity contribution in [2.24, 2.45) is 11.8 Å². The number of rotatable bonds is 6. The Bertz CT molecular complexity index is 896. The fourth-order valence-corrected chi connectivity index (χ4v) is 4.38. The molecule has 164 valence electrons. The number of hydrogen-bond acceptors (Lipinski definition) is 3. The normalized spacial score (nSPS) is 19.4. The first kappa shape index (κ1) is 21.2. The number of hydrogen-bond donors (Lipinski definition) is 1. The van der Waals surface area contributed by atoms with E-state index < -0.39 is 0 Å². The molecule has 2 aromatic rings. The summed E-state index contributed by atoms with van der Waals surface area (Å²) in [6.45, 7) is 3.26. The lowest BCUT2D eigenvalue weighted by molar-refractivity contribution is -0.124. The second-order valence-corrected chi connectivity index (χ2v) is 8.57. The highest BCUT2D eigenvalue weighted by molar-refractivity contribution is 5.97. The van der Waals surface area contributed by atoms with Crippen molar-refractivity contribution in [3.63, 3.8) is 0 Å². The molecule has 2 aliphatic rings. The van der Waals surface area contributed by atoms with Crippen LogP contribution in [0.3, 0.4) is 0 Å². The van der Waals surface area contributed by atoms with Gasteiger partial charge < -0.3 is 19.9 Å². The van der Waals surface area contributed by atoms with E-state index in [1.54, 1.807) is 12.0 Å². The van der Waals surface area contributed by atoms with E-state index in [0.717, 1.165) is 42.8 Å². The largest absolute Gasteiger partial charge is 0.497 e. The van der Waals surface area contributed by atoms with E-state index in [1.807, 2.05) is 59.5 Å². The summed E-state index contributed by atoms with van der Waals surface area (Å²) in [5.74, 6) is 1.24. The van der Waals surface area contributed by atoms with E-state index >= 15 is 0 Å². The van der Waals surface area contributed by atoms with Crippen molar-refractivity contribution in [3.05, 3.63) is 54.6 Å². The number of para-hydroxylation sites is 1. The van der Waals surface area contributed by atoms with E-state index in [9.17, 15) is 9.59 Å². The summed E-state index contributed by atoms with van der Waals surface area (Å²) >= 11 is 0. The van der Waals surface area contributed by atoms with Crippen molar-refractivity contribution in [3.8, 4) is 5.75 Å². The van der Waals surface area contributed by atoms with Crippen molar-refractivity contribution in [2.45, 2.75) is 38.6 Å². The molecule has 0 aromatic heterocycles. The van der Waals surface area contributed by atoms with Gasteiger partial charge in [-0.3, -0.25) is 4.79 Å². The monoisotopic (exact) mass is 421 g/mol. The molecule has 6 nitrogen and oxygen atoms in total. The second-order valence-electron chi connectivity index (χ2n) is 8.57. The number of nitrogens with one attached hydrogen (secondary N) is 1. The lowest BCUT2D eigenvalue weighted by atomic mass is 9.95. The van der Waals surface area contributed by atoms with Crippen LogP contribution in [0.1, 0.15) is 32.6 Å². The summed E-state index contributed by atoms with van der Waals surface area (Å²) in [4.78, 5) is 30.2. The van der Waals surface area contributed by atoms with Crippen LogP contribution >= 0.6 is 0 Å². The number of benzene rings is 2. The molecule has 2 aromatic carbocycles. The van der Waals surface area contributed by atoms with Crippen LogP contribution < -0.4 is 15.0 Å². The van der Waals surface area contributed by atoms with Gasteiger partial charge in [0.05, 0.1) is 13.0 Å². The van der Waals surface area contributed by atoms with Crippen LogP contribution in [0.25, 0.3) is 0 Å². The van der Waals surface area contributed by atoms with Gasteiger partial charge in [0.25, 0.3) is 0 Å². The maximum absolute atomic E-state index is 13.7. The van der Waals surface area contributed by atoms with E-state index in [1.165, 1.54) is 0 Å². The highest BCUT2D eigenvalue weighted by atomic mass is 16.5. The molecular weight excluding hydrogens is 390 g/mol. The van der Waals surface area contributed by atoms with Crippen molar-refractivity contribution >= 4 is 23.3 Å². The minimum Gasteiger partial charge on any atom is -0.497 e. The Morgan fingerprint density at radius 3 is 2.42 bits per heavy atom. The number of nitrogens with zero attached hydrogens (tertiary/aromatic N) is 2. The third kappa shape index (κ3) is 5.01. The van der Waals surface area contributed by atoms with Crippen LogP contribution in [0.5, 0.6) is 5.75 Å². The molecule has 2 atom stereocenters. The van der Waals surface area contributed by atoms with Gasteiger partial charge >= 0.3 is 6.03 Å². The molecule has 31 heavy (non-hydrogen) atoms. The zero-order valence-corrected chi connectivity index (χ0v) is 18.3. The van der Waals surface area contributed by atoms with Gasteiger partial charge in [-0.1, -0.05) is 18.2 Å². The summed E-state index contributed by atoms with van der Waals surface area (Å²) < 4.78 is 5.28. The van der Waals surface area contributed by atoms with E-state index in [-0.39, 0.29) is 23.9 Å². The lowest BCUT2D eigenvalue weighted by Crippen LogP contribution is -2.50. The van der Waals surface area contributed by atoms with Crippen molar-refractivity contribution in [1.29, 1.82) is 0 Å². The summed E-state index contributed by atoms with van der Waals surface area (Å²) in [6.07, 6.45) is 3.96. The average Bonchev–Trinajstić information content (AvgIpc) is 3.66. The fraction of sp³-hybridized carbons (Fsp3) is 0.440. The molecule has 0 spiro atoms. The molecule has 0 bridgehead atoms. The summed E-state index contributed by atoms with van der Waals surface area (Å²) in [6, 6.07) is 17.2. The number of likely N-dealkylation sites (tertiary alicyclic amines) is 1. The standard InChI is InChI=1S/C25H31N3O3/c1-18(19-10-11-19)28(22-12-14-23(31-2)15-13-22)24(29)20-7-6-16-27(17-20)25(30)26-21-8-4-3-5-9-21/h3-5,8-9,12-15,18-20H,6-7,10-11,16-17H2,1-2H3,(H,26,30). The topological polar surface area (TPSA) is 61.9 Å². The SMILES string of the molecule is COc1ccc(N(C(=O)C2CCCN(C(=O)Nc3ccccc3)C2)C(C)C2CC2)cc1. The number of methoxy groups -OCH3 is 1. The van der Waals surface area contributed by atoms with E-state index in [2.05, 4.69) is 12.2 Å². The van der Waals surface area contributed by atoms with Gasteiger partial charge in [0.2, 0.25) is 5.91 Å². The molecule has 1 heterocycles. The molecule has 1 aliphatic heterocycles. The van der Waals surface area contributed by atoms with Crippen molar-refractivity contribution < 1.29 is 14.3 Å². The Hall–Kier alpha value is -3.02. The zero-order valence-electron chi connectivity index (χ0n) is 18.3. The Morgan fingerprint density at radius 2 is 1.77 bits per heavy atom. The van der Waals surface area contributed by atoms with Crippen LogP contribution in [0, 0.1) is 11.8 Å². The quantitative estimate of drug-likeness (QED) is 0.731. The highest BCUT2D eigenvalue weighted by Crippen LogP contribution is 2.38. The molecule has 6 heteroatoms. The van der Waals surface area contributed by atoms with E-state index in [0.29, 0.717) is 19.0 Å². The van der Waals surface area contributed by atoms with Crippen LogP contribution in [-0.2, 0) is 4.79 Å². The Balaban J connectivity index is 1.48. The molecule has 2 unspecified atom stereocenters. The number of carbonyl (C=O) groups is 2. The number of anilines is 2. The first-order valence-electron chi connectivity index (χ1n) is 11.1. The van der Waals surface area contributed by atoms with Gasteiger partial charge in [-0.15, -0.1) is 0 Å². The molecule has 1 aliphatic carbocycles. The molecular formula is C25H31N3O3. The van der Waals surface area contributed by atoms with Crippen LogP contribution in [0.4, 0.5) is 16.2 Å². The van der Waals surface area contributed by atoms with Crippen molar-refractivity contribution in [1.82, 2.24) is 4.90 Å². The molecule has 1 N–H and O–H groups in total. The van der Waals surface area contributed by atoms with Gasteiger partial charge in [-0.2, -0.15) is 0 Å². The Morgan fingerprint density at radius 1 is 1.06 bits per heavy atom. The highest BCUT2D eigenvalue weighted by Gasteiger charge is 2.39. The van der Waals surface area contributed by atoms with Crippen LogP contribution in [0.2, 0.25) is 0 Å². The number of piperidine rings is 1. The third-order valence-electron chi connectivity index (χ3n) is 6.38. The predicted octanol–water partition coefficient (Wildman–Crippen LogP) is 4.77. The van der Waals surface area contributed by atoms with Gasteiger partial charge in [0.15, 0.2) is 0 Å². The Labute approximate surface area is 184 Å². The number of urea groups is 1. The first-order valence-corrected chi connectivity index (χ1v) is 11.1. The van der Waals surface area contributed by atoms with Crippen molar-refractivity contribution in [2.75, 3.05) is 30.4 Å². The molecule has 2 fully saturated rings. The second kappa shape index (κ2) is 9.41. The van der Waals surface area contributed by atoms with Crippen LogP contribution in [0.15, 0.2) is 54.6 Å². The average molecular weight is 422 g/mol. The maximum atomic E-state index is 13.7. The van der Waals surface area contributed by atoms with Gasteiger partial charge in [0, 0.05) is 30.5 Å². The van der Waals surface area contributed by atoms with Gasteiger partial charge in [-0.25, -0.2) is 4.79 Å². The predicted molar refractivity (Wildman–Crippen MR) is 122 cm³/mol. The van der Waals surface area contributed by atoms with Gasteiger partial charge in [-0.05, 0) is 74.9 Å². The Kier molecular flexibility index (Phi) is 6.44. The minimum absolute atomic E-state index is 0.113. The first-order chi connectivity index (χ1) is 15.1. The molecule has 1 saturated heterocycles. The number of ether oxygens (including phenoxy) is 1. The molecule has 0 radical (unpaired) electrons. The third-order valence-corrected chi connectivity index (χ3v) is 6.38. The maximum Gasteiger partial charge on any atom is 0.321 e. The summed E-state index contributed by atoms with van der Waals surface area (Å²) in [7, 11) is 1.64. The fourth-order valence-electron chi connectivity index (χ4n) is 4.38. The summed E-state index contributed by atoms with van der Waals surface area (Å²) in [5.41, 5.74) is 1.67.